The number of rotatable bonds is 8. The van der Waals surface area contributed by atoms with Gasteiger partial charge < -0.3 is 19.5 Å². The molecule has 0 aliphatic heterocycles. The lowest BCUT2D eigenvalue weighted by Crippen LogP contribution is -2.30. The fourth-order valence-corrected chi connectivity index (χ4v) is 2.81. The Morgan fingerprint density at radius 1 is 1.17 bits per heavy atom. The first-order valence-corrected chi connectivity index (χ1v) is 9.26. The minimum absolute atomic E-state index is 0.112. The Labute approximate surface area is 174 Å². The highest BCUT2D eigenvalue weighted by atomic mass is 16.6. The Bertz CT molecular complexity index is 952. The molecule has 160 valence electrons. The summed E-state index contributed by atoms with van der Waals surface area (Å²) < 4.78 is 15.7. The number of nitro benzene ring substituents is 1. The number of amides is 1. The van der Waals surface area contributed by atoms with Crippen LogP contribution in [0.3, 0.4) is 0 Å². The molecule has 0 radical (unpaired) electrons. The van der Waals surface area contributed by atoms with Gasteiger partial charge in [0, 0.05) is 11.8 Å². The van der Waals surface area contributed by atoms with Gasteiger partial charge in [0.15, 0.2) is 17.6 Å². The topological polar surface area (TPSA) is 117 Å². The average molecular weight is 416 g/mol. The van der Waals surface area contributed by atoms with Gasteiger partial charge in [-0.15, -0.1) is 0 Å². The second-order valence-corrected chi connectivity index (χ2v) is 6.51. The third kappa shape index (κ3) is 5.05. The van der Waals surface area contributed by atoms with E-state index in [0.29, 0.717) is 5.69 Å². The molecule has 2 aromatic carbocycles. The van der Waals surface area contributed by atoms with Gasteiger partial charge in [-0.1, -0.05) is 18.2 Å². The minimum Gasteiger partial charge on any atom is -0.493 e. The number of hydrogen-bond acceptors (Lipinski definition) is 7. The van der Waals surface area contributed by atoms with Crippen molar-refractivity contribution >= 4 is 23.3 Å². The van der Waals surface area contributed by atoms with Gasteiger partial charge in [-0.2, -0.15) is 0 Å². The summed E-state index contributed by atoms with van der Waals surface area (Å²) in [5, 5.41) is 14.1. The maximum atomic E-state index is 12.6. The van der Waals surface area contributed by atoms with Crippen LogP contribution in [0.1, 0.15) is 35.3 Å². The van der Waals surface area contributed by atoms with Crippen molar-refractivity contribution < 1.29 is 28.7 Å². The highest BCUT2D eigenvalue weighted by Crippen LogP contribution is 2.35. The third-order valence-electron chi connectivity index (χ3n) is 4.38. The van der Waals surface area contributed by atoms with Crippen LogP contribution in [-0.2, 0) is 9.53 Å². The molecule has 9 nitrogen and oxygen atoms in total. The van der Waals surface area contributed by atoms with E-state index in [-0.39, 0.29) is 23.7 Å². The van der Waals surface area contributed by atoms with Gasteiger partial charge in [0.25, 0.3) is 11.6 Å². The van der Waals surface area contributed by atoms with Crippen molar-refractivity contribution in [2.24, 2.45) is 0 Å². The zero-order chi connectivity index (χ0) is 22.4. The Balaban J connectivity index is 2.26. The average Bonchev–Trinajstić information content (AvgIpc) is 2.70. The number of benzene rings is 2. The van der Waals surface area contributed by atoms with E-state index in [1.165, 1.54) is 20.1 Å². The zero-order valence-corrected chi connectivity index (χ0v) is 17.5. The highest BCUT2D eigenvalue weighted by Gasteiger charge is 2.28. The smallest absolute Gasteiger partial charge is 0.346 e. The number of carbonyl (C=O) groups excluding carboxylic acids is 2. The van der Waals surface area contributed by atoms with Crippen LogP contribution in [0.15, 0.2) is 30.3 Å². The summed E-state index contributed by atoms with van der Waals surface area (Å²) in [6.45, 7) is 7.06. The van der Waals surface area contributed by atoms with E-state index < -0.39 is 28.6 Å². The van der Waals surface area contributed by atoms with E-state index in [1.54, 1.807) is 6.92 Å². The first-order valence-electron chi connectivity index (χ1n) is 9.26. The number of methoxy groups -OCH3 is 1. The van der Waals surface area contributed by atoms with Crippen molar-refractivity contribution in [2.75, 3.05) is 19.0 Å². The number of aryl methyl sites for hydroxylation is 2. The molecule has 9 heteroatoms. The number of esters is 1. The molecule has 0 spiro atoms. The number of nitrogens with zero attached hydrogens (tertiary/aromatic N) is 1. The van der Waals surface area contributed by atoms with Gasteiger partial charge in [0.2, 0.25) is 0 Å². The standard InChI is InChI=1S/C21H24N2O7/c1-6-29-18-10-15(16(23(26)27)11-17(18)28-5)21(25)30-14(4)20(24)22-19-12(2)8-7-9-13(19)3/h7-11,14H,6H2,1-5H3,(H,22,24)/t14-/m0/s1. The Morgan fingerprint density at radius 2 is 1.80 bits per heavy atom. The predicted molar refractivity (Wildman–Crippen MR) is 110 cm³/mol. The number of anilines is 1. The molecule has 0 saturated carbocycles. The van der Waals surface area contributed by atoms with E-state index in [9.17, 15) is 19.7 Å². The molecule has 0 aliphatic rings. The maximum Gasteiger partial charge on any atom is 0.346 e. The van der Waals surface area contributed by atoms with Gasteiger partial charge in [-0.25, -0.2) is 4.79 Å². The Hall–Kier alpha value is -3.62. The Kier molecular flexibility index (Phi) is 7.35. The molecule has 0 unspecified atom stereocenters. The fraction of sp³-hybridized carbons (Fsp3) is 0.333. The molecular weight excluding hydrogens is 392 g/mol. The molecule has 1 atom stereocenters. The van der Waals surface area contributed by atoms with Crippen LogP contribution in [0.5, 0.6) is 11.5 Å². The van der Waals surface area contributed by atoms with Crippen molar-refractivity contribution in [3.8, 4) is 11.5 Å². The van der Waals surface area contributed by atoms with E-state index >= 15 is 0 Å². The molecular formula is C21H24N2O7. The van der Waals surface area contributed by atoms with Crippen LogP contribution in [0.4, 0.5) is 11.4 Å². The van der Waals surface area contributed by atoms with Crippen molar-refractivity contribution in [3.05, 3.63) is 57.1 Å². The minimum atomic E-state index is -1.19. The first-order chi connectivity index (χ1) is 14.2. The van der Waals surface area contributed by atoms with E-state index in [1.807, 2.05) is 32.0 Å². The number of nitrogens with one attached hydrogen (secondary N) is 1. The van der Waals surface area contributed by atoms with Crippen LogP contribution in [0.2, 0.25) is 0 Å². The predicted octanol–water partition coefficient (Wildman–Crippen LogP) is 3.80. The number of para-hydroxylation sites is 1. The monoisotopic (exact) mass is 416 g/mol. The van der Waals surface area contributed by atoms with Crippen LogP contribution >= 0.6 is 0 Å². The number of carbonyl (C=O) groups is 2. The molecule has 2 aromatic rings. The van der Waals surface area contributed by atoms with E-state index in [4.69, 9.17) is 14.2 Å². The maximum absolute atomic E-state index is 12.6. The molecule has 30 heavy (non-hydrogen) atoms. The van der Waals surface area contributed by atoms with Crippen LogP contribution < -0.4 is 14.8 Å². The second kappa shape index (κ2) is 9.73. The van der Waals surface area contributed by atoms with E-state index in [2.05, 4.69) is 5.32 Å². The largest absolute Gasteiger partial charge is 0.493 e. The lowest BCUT2D eigenvalue weighted by atomic mass is 10.1. The summed E-state index contributed by atoms with van der Waals surface area (Å²) in [4.78, 5) is 35.8. The van der Waals surface area contributed by atoms with Gasteiger partial charge in [-0.3, -0.25) is 14.9 Å². The lowest BCUT2D eigenvalue weighted by Gasteiger charge is -2.17. The second-order valence-electron chi connectivity index (χ2n) is 6.51. The molecule has 0 saturated heterocycles. The summed E-state index contributed by atoms with van der Waals surface area (Å²) in [6, 6.07) is 7.81. The molecule has 0 heterocycles. The van der Waals surface area contributed by atoms with Crippen LogP contribution in [0, 0.1) is 24.0 Å². The fourth-order valence-electron chi connectivity index (χ4n) is 2.81. The van der Waals surface area contributed by atoms with Crippen molar-refractivity contribution in [1.82, 2.24) is 0 Å². The Morgan fingerprint density at radius 3 is 2.33 bits per heavy atom. The van der Waals surface area contributed by atoms with Gasteiger partial charge >= 0.3 is 5.97 Å². The first kappa shape index (κ1) is 22.7. The molecule has 2 rings (SSSR count). The highest BCUT2D eigenvalue weighted by molar-refractivity contribution is 6.00. The number of nitro groups is 1. The van der Waals surface area contributed by atoms with Gasteiger partial charge in [0.1, 0.15) is 5.56 Å². The molecule has 0 fully saturated rings. The molecule has 0 aromatic heterocycles. The number of hydrogen-bond donors (Lipinski definition) is 1. The van der Waals surface area contributed by atoms with Gasteiger partial charge in [-0.05, 0) is 38.8 Å². The van der Waals surface area contributed by atoms with Crippen molar-refractivity contribution in [3.63, 3.8) is 0 Å². The quantitative estimate of drug-likeness (QED) is 0.395. The zero-order valence-electron chi connectivity index (χ0n) is 17.5. The van der Waals surface area contributed by atoms with Crippen LogP contribution in [-0.4, -0.2) is 36.6 Å². The van der Waals surface area contributed by atoms with Gasteiger partial charge in [0.05, 0.1) is 24.7 Å². The van der Waals surface area contributed by atoms with Crippen molar-refractivity contribution in [1.29, 1.82) is 0 Å². The molecule has 1 amide bonds. The van der Waals surface area contributed by atoms with Crippen LogP contribution in [0.25, 0.3) is 0 Å². The van der Waals surface area contributed by atoms with E-state index in [0.717, 1.165) is 17.2 Å². The molecule has 0 bridgehead atoms. The SMILES string of the molecule is CCOc1cc(C(=O)O[C@@H](C)C(=O)Nc2c(C)cccc2C)c([N+](=O)[O-])cc1OC. The molecule has 0 aliphatic carbocycles. The summed E-state index contributed by atoms with van der Waals surface area (Å²) in [5.41, 5.74) is 1.49. The molecule has 1 N–H and O–H groups in total. The summed E-state index contributed by atoms with van der Waals surface area (Å²) in [7, 11) is 1.33. The normalized spacial score (nSPS) is 11.4. The lowest BCUT2D eigenvalue weighted by molar-refractivity contribution is -0.385. The third-order valence-corrected chi connectivity index (χ3v) is 4.38. The summed E-state index contributed by atoms with van der Waals surface area (Å²) in [5.74, 6) is -1.30. The summed E-state index contributed by atoms with van der Waals surface area (Å²) >= 11 is 0. The van der Waals surface area contributed by atoms with Crippen molar-refractivity contribution in [2.45, 2.75) is 33.8 Å². The number of ether oxygens (including phenoxy) is 3. The summed E-state index contributed by atoms with van der Waals surface area (Å²) in [6.07, 6.45) is -1.19.